The van der Waals surface area contributed by atoms with E-state index >= 15 is 0 Å². The van der Waals surface area contributed by atoms with Crippen LogP contribution in [0.3, 0.4) is 0 Å². The molecule has 1 aliphatic heterocycles. The minimum absolute atomic E-state index is 0.174. The number of hydrogen-bond acceptors (Lipinski definition) is 4. The van der Waals surface area contributed by atoms with Crippen molar-refractivity contribution in [3.8, 4) is 5.75 Å². The molecule has 2 aromatic carbocycles. The van der Waals surface area contributed by atoms with E-state index in [1.54, 1.807) is 18.2 Å². The molecule has 172 valence electrons. The van der Waals surface area contributed by atoms with E-state index in [0.29, 0.717) is 16.6 Å². The summed E-state index contributed by atoms with van der Waals surface area (Å²) in [6, 6.07) is 8.79. The molecule has 0 radical (unpaired) electrons. The molecule has 1 aromatic heterocycles. The largest absolute Gasteiger partial charge is 0.487 e. The second-order valence-corrected chi connectivity index (χ2v) is 9.25. The van der Waals surface area contributed by atoms with E-state index in [9.17, 15) is 14.7 Å². The van der Waals surface area contributed by atoms with Crippen LogP contribution in [0.2, 0.25) is 0 Å². The van der Waals surface area contributed by atoms with E-state index in [4.69, 9.17) is 4.74 Å². The Morgan fingerprint density at radius 2 is 1.91 bits per heavy atom. The zero-order valence-corrected chi connectivity index (χ0v) is 18.9. The molecule has 8 heteroatoms. The van der Waals surface area contributed by atoms with E-state index < -0.39 is 6.09 Å². The molecule has 1 saturated carbocycles. The van der Waals surface area contributed by atoms with E-state index in [0.717, 1.165) is 53.7 Å². The second kappa shape index (κ2) is 8.10. The van der Waals surface area contributed by atoms with Gasteiger partial charge in [-0.15, -0.1) is 0 Å². The number of aryl methyl sites for hydroxylation is 2. The molecule has 3 aromatic rings. The van der Waals surface area contributed by atoms with E-state index in [-0.39, 0.29) is 17.7 Å². The fraction of sp³-hybridized carbons (Fsp3) is 0.400. The van der Waals surface area contributed by atoms with Crippen molar-refractivity contribution >= 4 is 28.7 Å². The molecule has 1 atom stereocenters. The number of aromatic nitrogens is 2. The topological polar surface area (TPSA) is 105 Å². The van der Waals surface area contributed by atoms with Crippen LogP contribution in [0.1, 0.15) is 61.3 Å². The highest BCUT2D eigenvalue weighted by Gasteiger charge is 2.42. The number of hydrogen-bond donors (Lipinski definition) is 3. The Bertz CT molecular complexity index is 1240. The molecule has 8 nitrogen and oxygen atoms in total. The van der Waals surface area contributed by atoms with Crippen molar-refractivity contribution in [1.29, 1.82) is 0 Å². The Kier molecular flexibility index (Phi) is 5.23. The lowest BCUT2D eigenvalue weighted by Gasteiger charge is -2.45. The highest BCUT2D eigenvalue weighted by atomic mass is 16.5. The number of benzene rings is 2. The Morgan fingerprint density at radius 1 is 1.15 bits per heavy atom. The maximum Gasteiger partial charge on any atom is 0.432 e. The molecule has 5 rings (SSSR count). The predicted octanol–water partition coefficient (Wildman–Crippen LogP) is 5.53. The summed E-state index contributed by atoms with van der Waals surface area (Å²) in [7, 11) is 0. The smallest absolute Gasteiger partial charge is 0.432 e. The first-order valence-corrected chi connectivity index (χ1v) is 11.4. The van der Waals surface area contributed by atoms with Crippen LogP contribution >= 0.6 is 0 Å². The molecule has 0 saturated heterocycles. The maximum absolute atomic E-state index is 13.1. The number of ether oxygens (including phenoxy) is 1. The van der Waals surface area contributed by atoms with Crippen molar-refractivity contribution in [2.75, 3.05) is 5.32 Å². The van der Waals surface area contributed by atoms with Crippen LogP contribution in [0.5, 0.6) is 5.75 Å². The summed E-state index contributed by atoms with van der Waals surface area (Å²) in [5, 5.41) is 19.8. The van der Waals surface area contributed by atoms with Gasteiger partial charge in [0.25, 0.3) is 0 Å². The van der Waals surface area contributed by atoms with Crippen LogP contribution < -0.4 is 15.4 Å². The van der Waals surface area contributed by atoms with Gasteiger partial charge in [-0.1, -0.05) is 18.6 Å². The van der Waals surface area contributed by atoms with E-state index in [2.05, 4.69) is 41.7 Å². The molecular formula is C25H28N4O4. The van der Waals surface area contributed by atoms with Gasteiger partial charge >= 0.3 is 12.1 Å². The van der Waals surface area contributed by atoms with Gasteiger partial charge < -0.3 is 20.5 Å². The minimum Gasteiger partial charge on any atom is -0.487 e. The third-order valence-corrected chi connectivity index (χ3v) is 7.02. The Balaban J connectivity index is 1.42. The number of anilines is 1. The minimum atomic E-state index is -1.17. The number of urea groups is 1. The molecule has 2 aliphatic rings. The molecule has 2 heterocycles. The molecule has 33 heavy (non-hydrogen) atoms. The predicted molar refractivity (Wildman–Crippen MR) is 125 cm³/mol. The second-order valence-electron chi connectivity index (χ2n) is 9.25. The fourth-order valence-corrected chi connectivity index (χ4v) is 5.19. The lowest BCUT2D eigenvalue weighted by atomic mass is 9.76. The molecule has 3 N–H and O–H groups in total. The number of carbonyl (C=O) groups excluding carboxylic acids is 1. The standard InChI is InChI=1S/C25H28N4O4/c1-15-11-17-20(13-25(9-4-3-5-10-25)33-22(17)12-16(15)2)28-23(30)27-19-7-6-8-21-18(19)14-26-29(21)24(31)32/h6-8,11-12,14,20H,3-5,9-10,13H2,1-2H3,(H,31,32)(H2,27,28,30). The number of carboxylic acid groups (broad SMARTS) is 1. The normalized spacial score (nSPS) is 19.0. The van der Waals surface area contributed by atoms with Crippen molar-refractivity contribution < 1.29 is 19.4 Å². The van der Waals surface area contributed by atoms with Gasteiger partial charge in [-0.2, -0.15) is 9.78 Å². The van der Waals surface area contributed by atoms with E-state index in [1.165, 1.54) is 18.2 Å². The number of carbonyl (C=O) groups is 2. The summed E-state index contributed by atoms with van der Waals surface area (Å²) in [6.07, 6.45) is 6.48. The van der Waals surface area contributed by atoms with Crippen LogP contribution in [0, 0.1) is 13.8 Å². The van der Waals surface area contributed by atoms with Crippen LogP contribution in [-0.2, 0) is 0 Å². The molecule has 2 amide bonds. The highest BCUT2D eigenvalue weighted by Crippen LogP contribution is 2.47. The third-order valence-electron chi connectivity index (χ3n) is 7.02. The van der Waals surface area contributed by atoms with Crippen molar-refractivity contribution in [1.82, 2.24) is 15.1 Å². The quantitative estimate of drug-likeness (QED) is 0.478. The maximum atomic E-state index is 13.1. The van der Waals surface area contributed by atoms with Gasteiger partial charge in [0.2, 0.25) is 0 Å². The molecular weight excluding hydrogens is 420 g/mol. The van der Waals surface area contributed by atoms with Crippen LogP contribution in [0.25, 0.3) is 10.9 Å². The van der Waals surface area contributed by atoms with Crippen LogP contribution in [0.4, 0.5) is 15.3 Å². The number of nitrogens with one attached hydrogen (secondary N) is 2. The summed E-state index contributed by atoms with van der Waals surface area (Å²) in [4.78, 5) is 24.5. The Hall–Kier alpha value is -3.55. The zero-order chi connectivity index (χ0) is 23.2. The number of fused-ring (bicyclic) bond motifs is 2. The number of nitrogens with zero attached hydrogens (tertiary/aromatic N) is 2. The van der Waals surface area contributed by atoms with Gasteiger partial charge in [-0.3, -0.25) is 0 Å². The monoisotopic (exact) mass is 448 g/mol. The highest BCUT2D eigenvalue weighted by molar-refractivity contribution is 6.02. The van der Waals surface area contributed by atoms with Crippen molar-refractivity contribution in [2.24, 2.45) is 0 Å². The van der Waals surface area contributed by atoms with Crippen molar-refractivity contribution in [3.63, 3.8) is 0 Å². The summed E-state index contributed by atoms with van der Waals surface area (Å²) >= 11 is 0. The summed E-state index contributed by atoms with van der Waals surface area (Å²) < 4.78 is 7.46. The molecule has 1 spiro atoms. The molecule has 1 unspecified atom stereocenters. The molecule has 1 aliphatic carbocycles. The summed E-state index contributed by atoms with van der Waals surface area (Å²) in [5.74, 6) is 0.862. The van der Waals surface area contributed by atoms with Gasteiger partial charge in [-0.25, -0.2) is 9.59 Å². The Morgan fingerprint density at radius 3 is 2.67 bits per heavy atom. The number of rotatable bonds is 2. The third kappa shape index (κ3) is 3.90. The summed E-state index contributed by atoms with van der Waals surface area (Å²) in [6.45, 7) is 4.15. The lowest BCUT2D eigenvalue weighted by Crippen LogP contribution is -2.47. The Labute approximate surface area is 191 Å². The van der Waals surface area contributed by atoms with Gasteiger partial charge in [0.15, 0.2) is 0 Å². The van der Waals surface area contributed by atoms with Crippen molar-refractivity contribution in [3.05, 3.63) is 53.2 Å². The molecule has 1 fully saturated rings. The fourth-order valence-electron chi connectivity index (χ4n) is 5.19. The average molecular weight is 449 g/mol. The zero-order valence-electron chi connectivity index (χ0n) is 18.9. The lowest BCUT2D eigenvalue weighted by molar-refractivity contribution is -0.00108. The molecule has 0 bridgehead atoms. The first kappa shape index (κ1) is 21.3. The average Bonchev–Trinajstić information content (AvgIpc) is 3.21. The first-order chi connectivity index (χ1) is 15.8. The van der Waals surface area contributed by atoms with Gasteiger partial charge in [0.05, 0.1) is 23.4 Å². The summed E-state index contributed by atoms with van der Waals surface area (Å²) in [5.41, 5.74) is 4.03. The van der Waals surface area contributed by atoms with Gasteiger partial charge in [-0.05, 0) is 68.9 Å². The van der Waals surface area contributed by atoms with Gasteiger partial charge in [0, 0.05) is 17.4 Å². The first-order valence-electron chi connectivity index (χ1n) is 11.4. The van der Waals surface area contributed by atoms with E-state index in [1.807, 2.05) is 0 Å². The number of amides is 2. The van der Waals surface area contributed by atoms with Crippen LogP contribution in [0.15, 0.2) is 36.5 Å². The van der Waals surface area contributed by atoms with Crippen molar-refractivity contribution in [2.45, 2.75) is 64.0 Å². The van der Waals surface area contributed by atoms with Crippen LogP contribution in [-0.4, -0.2) is 32.6 Å². The SMILES string of the molecule is Cc1cc2c(cc1C)C(NC(=O)Nc1cccc3c1cnn3C(=O)O)CC1(CCCCC1)O2. The van der Waals surface area contributed by atoms with Gasteiger partial charge in [0.1, 0.15) is 11.4 Å².